The van der Waals surface area contributed by atoms with Gasteiger partial charge in [-0.25, -0.2) is 0 Å². The molecule has 0 bridgehead atoms. The summed E-state index contributed by atoms with van der Waals surface area (Å²) < 4.78 is 5.01. The maximum atomic E-state index is 9.72. The molecule has 1 unspecified atom stereocenters. The molecule has 1 atom stereocenters. The summed E-state index contributed by atoms with van der Waals surface area (Å²) in [5, 5.41) is 28.6. The Bertz CT molecular complexity index is 302. The van der Waals surface area contributed by atoms with Gasteiger partial charge < -0.3 is 20.1 Å². The molecule has 0 aliphatic heterocycles. The van der Waals surface area contributed by atoms with E-state index in [0.717, 1.165) is 0 Å². The average molecular weight is 228 g/mol. The van der Waals surface area contributed by atoms with E-state index in [1.54, 1.807) is 26.8 Å². The first-order valence-corrected chi connectivity index (χ1v) is 5.14. The largest absolute Gasteiger partial charge is 0.507 e. The van der Waals surface area contributed by atoms with Gasteiger partial charge in [-0.05, 0) is 26.3 Å². The molecule has 0 aliphatic rings. The second-order valence-corrected chi connectivity index (χ2v) is 3.32. The van der Waals surface area contributed by atoms with Gasteiger partial charge in [-0.1, -0.05) is 12.7 Å². The molecule has 0 aromatic heterocycles. The van der Waals surface area contributed by atoms with Gasteiger partial charge in [-0.3, -0.25) is 0 Å². The van der Waals surface area contributed by atoms with Crippen molar-refractivity contribution in [2.24, 2.45) is 0 Å². The Hall–Kier alpha value is -1.10. The number of allylic oxidation sites excluding steroid dienone is 2. The van der Waals surface area contributed by atoms with Crippen molar-refractivity contribution in [1.82, 2.24) is 0 Å². The standard InChI is InChI=1S/C12H20O4/c1-5-9(12(15)16-6-2)10(7-13)11(14)8(3)4/h5,12-15H,3,6-7H2,1-2,4H3/b9-5+,11-10+. The predicted octanol–water partition coefficient (Wildman–Crippen LogP) is 1.67. The molecule has 4 nitrogen and oxygen atoms in total. The van der Waals surface area contributed by atoms with Crippen molar-refractivity contribution in [1.29, 1.82) is 0 Å². The molecule has 0 saturated carbocycles. The van der Waals surface area contributed by atoms with Crippen molar-refractivity contribution in [3.8, 4) is 0 Å². The van der Waals surface area contributed by atoms with E-state index in [9.17, 15) is 15.3 Å². The Morgan fingerprint density at radius 1 is 1.50 bits per heavy atom. The maximum absolute atomic E-state index is 9.72. The monoisotopic (exact) mass is 228 g/mol. The lowest BCUT2D eigenvalue weighted by atomic mass is 10.0. The fourth-order valence-corrected chi connectivity index (χ4v) is 1.27. The van der Waals surface area contributed by atoms with Gasteiger partial charge in [-0.2, -0.15) is 0 Å². The second-order valence-electron chi connectivity index (χ2n) is 3.32. The number of aliphatic hydroxyl groups is 3. The van der Waals surface area contributed by atoms with Crippen LogP contribution in [0.4, 0.5) is 0 Å². The van der Waals surface area contributed by atoms with Crippen LogP contribution >= 0.6 is 0 Å². The molecule has 0 spiro atoms. The van der Waals surface area contributed by atoms with Crippen LogP contribution in [-0.4, -0.2) is 34.8 Å². The summed E-state index contributed by atoms with van der Waals surface area (Å²) in [4.78, 5) is 0. The number of hydrogen-bond acceptors (Lipinski definition) is 4. The van der Waals surface area contributed by atoms with Crippen LogP contribution in [0.2, 0.25) is 0 Å². The van der Waals surface area contributed by atoms with E-state index in [4.69, 9.17) is 4.74 Å². The van der Waals surface area contributed by atoms with Gasteiger partial charge in [0.2, 0.25) is 0 Å². The van der Waals surface area contributed by atoms with Crippen LogP contribution in [0.1, 0.15) is 20.8 Å². The Morgan fingerprint density at radius 2 is 2.06 bits per heavy atom. The summed E-state index contributed by atoms with van der Waals surface area (Å²) in [6.07, 6.45) is 0.434. The number of rotatable bonds is 6. The third-order valence-electron chi connectivity index (χ3n) is 2.10. The lowest BCUT2D eigenvalue weighted by Crippen LogP contribution is -2.19. The average Bonchev–Trinajstić information content (AvgIpc) is 2.24. The van der Waals surface area contributed by atoms with Crippen LogP contribution < -0.4 is 0 Å². The van der Waals surface area contributed by atoms with E-state index >= 15 is 0 Å². The highest BCUT2D eigenvalue weighted by molar-refractivity contribution is 5.40. The Kier molecular flexibility index (Phi) is 6.72. The van der Waals surface area contributed by atoms with Crippen molar-refractivity contribution in [2.75, 3.05) is 13.2 Å². The van der Waals surface area contributed by atoms with E-state index < -0.39 is 6.29 Å². The summed E-state index contributed by atoms with van der Waals surface area (Å²) in [6.45, 7) is 8.59. The molecule has 0 aliphatic carbocycles. The fourth-order valence-electron chi connectivity index (χ4n) is 1.27. The summed E-state index contributed by atoms with van der Waals surface area (Å²) in [6, 6.07) is 0. The molecule has 0 heterocycles. The molecule has 0 aromatic rings. The van der Waals surface area contributed by atoms with Crippen LogP contribution in [0.5, 0.6) is 0 Å². The zero-order valence-electron chi connectivity index (χ0n) is 10.0. The maximum Gasteiger partial charge on any atom is 0.181 e. The van der Waals surface area contributed by atoms with Gasteiger partial charge in [0, 0.05) is 17.8 Å². The highest BCUT2D eigenvalue weighted by Gasteiger charge is 2.18. The van der Waals surface area contributed by atoms with E-state index in [0.29, 0.717) is 17.8 Å². The normalized spacial score (nSPS) is 15.7. The van der Waals surface area contributed by atoms with Gasteiger partial charge in [0.25, 0.3) is 0 Å². The minimum atomic E-state index is -1.15. The van der Waals surface area contributed by atoms with Gasteiger partial charge in [0.05, 0.1) is 6.61 Å². The molecule has 0 aromatic carbocycles. The zero-order chi connectivity index (χ0) is 12.7. The summed E-state index contributed by atoms with van der Waals surface area (Å²) in [7, 11) is 0. The van der Waals surface area contributed by atoms with Gasteiger partial charge in [-0.15, -0.1) is 0 Å². The smallest absolute Gasteiger partial charge is 0.181 e. The predicted molar refractivity (Wildman–Crippen MR) is 62.9 cm³/mol. The highest BCUT2D eigenvalue weighted by atomic mass is 16.6. The lowest BCUT2D eigenvalue weighted by Gasteiger charge is -2.18. The Morgan fingerprint density at radius 3 is 2.38 bits per heavy atom. The quantitative estimate of drug-likeness (QED) is 0.367. The molecule has 0 fully saturated rings. The molecule has 0 saturated heterocycles. The van der Waals surface area contributed by atoms with Crippen LogP contribution in [0, 0.1) is 0 Å². The van der Waals surface area contributed by atoms with Crippen LogP contribution in [0.25, 0.3) is 0 Å². The molecule has 0 rings (SSSR count). The first-order chi connectivity index (χ1) is 7.49. The fraction of sp³-hybridized carbons (Fsp3) is 0.500. The van der Waals surface area contributed by atoms with Crippen molar-refractivity contribution in [2.45, 2.75) is 27.1 Å². The molecular formula is C12H20O4. The van der Waals surface area contributed by atoms with Crippen molar-refractivity contribution >= 4 is 0 Å². The molecule has 4 heteroatoms. The lowest BCUT2D eigenvalue weighted by molar-refractivity contribution is -0.0663. The summed E-state index contributed by atoms with van der Waals surface area (Å²) in [5.41, 5.74) is 1.01. The van der Waals surface area contributed by atoms with Crippen LogP contribution in [0.3, 0.4) is 0 Å². The molecule has 92 valence electrons. The van der Waals surface area contributed by atoms with Gasteiger partial charge in [0.15, 0.2) is 6.29 Å². The summed E-state index contributed by atoms with van der Waals surface area (Å²) >= 11 is 0. The molecule has 0 radical (unpaired) electrons. The number of ether oxygens (including phenoxy) is 1. The van der Waals surface area contributed by atoms with E-state index in [-0.39, 0.29) is 17.9 Å². The topological polar surface area (TPSA) is 69.9 Å². The third kappa shape index (κ3) is 3.81. The van der Waals surface area contributed by atoms with E-state index in [1.807, 2.05) is 0 Å². The molecule has 16 heavy (non-hydrogen) atoms. The minimum Gasteiger partial charge on any atom is -0.507 e. The molecule has 0 amide bonds. The first kappa shape index (κ1) is 14.9. The van der Waals surface area contributed by atoms with Crippen molar-refractivity contribution in [3.05, 3.63) is 35.1 Å². The zero-order valence-corrected chi connectivity index (χ0v) is 10.0. The van der Waals surface area contributed by atoms with Gasteiger partial charge in [0.1, 0.15) is 5.76 Å². The minimum absolute atomic E-state index is 0.116. The van der Waals surface area contributed by atoms with E-state index in [1.165, 1.54) is 0 Å². The second kappa shape index (κ2) is 7.22. The van der Waals surface area contributed by atoms with Crippen LogP contribution in [0.15, 0.2) is 35.1 Å². The van der Waals surface area contributed by atoms with Crippen LogP contribution in [-0.2, 0) is 4.74 Å². The first-order valence-electron chi connectivity index (χ1n) is 5.14. The Labute approximate surface area is 96.2 Å². The molecule has 3 N–H and O–H groups in total. The van der Waals surface area contributed by atoms with Crippen molar-refractivity contribution in [3.63, 3.8) is 0 Å². The Balaban J connectivity index is 5.22. The SMILES string of the molecule is C=C(C)/C(O)=C(CO)\C(=C/C)C(O)OCC. The molecular weight excluding hydrogens is 208 g/mol. The van der Waals surface area contributed by atoms with E-state index in [2.05, 4.69) is 6.58 Å². The third-order valence-corrected chi connectivity index (χ3v) is 2.10. The number of aliphatic hydroxyl groups excluding tert-OH is 3. The summed E-state index contributed by atoms with van der Waals surface area (Å²) in [5.74, 6) is -0.116. The number of hydrogen-bond donors (Lipinski definition) is 3. The van der Waals surface area contributed by atoms with Crippen molar-refractivity contribution < 1.29 is 20.1 Å². The highest BCUT2D eigenvalue weighted by Crippen LogP contribution is 2.21. The van der Waals surface area contributed by atoms with Gasteiger partial charge >= 0.3 is 0 Å².